The molecule has 83 valence electrons. The van der Waals surface area contributed by atoms with Crippen molar-refractivity contribution in [1.29, 1.82) is 0 Å². The lowest BCUT2D eigenvalue weighted by molar-refractivity contribution is -0.385. The van der Waals surface area contributed by atoms with Crippen LogP contribution in [0.15, 0.2) is 18.2 Å². The molecule has 0 aliphatic carbocycles. The summed E-state index contributed by atoms with van der Waals surface area (Å²) in [6.07, 6.45) is 0. The van der Waals surface area contributed by atoms with Crippen LogP contribution in [0.4, 0.5) is 5.69 Å². The third-order valence-electron chi connectivity index (χ3n) is 1.76. The van der Waals surface area contributed by atoms with Crippen LogP contribution in [0.2, 0.25) is 0 Å². The molecule has 0 saturated heterocycles. The van der Waals surface area contributed by atoms with Gasteiger partial charge in [0.1, 0.15) is 0 Å². The van der Waals surface area contributed by atoms with Crippen LogP contribution >= 0.6 is 0 Å². The summed E-state index contributed by atoms with van der Waals surface area (Å²) in [7, 11) is 1.49. The number of methoxy groups -OCH3 is 1. The second-order valence-corrected chi connectivity index (χ2v) is 2.65. The minimum Gasteiger partial charge on any atom is -0.533 e. The van der Waals surface area contributed by atoms with Crippen LogP contribution in [-0.4, -0.2) is 30.7 Å². The van der Waals surface area contributed by atoms with Gasteiger partial charge in [0.2, 0.25) is 0 Å². The number of nitro benzene ring substituents is 1. The van der Waals surface area contributed by atoms with Crippen LogP contribution in [0.3, 0.4) is 0 Å². The minimum atomic E-state index is -0.731. The molecule has 1 radical (unpaired) electrons. The van der Waals surface area contributed by atoms with Crippen molar-refractivity contribution in [3.05, 3.63) is 33.9 Å². The van der Waals surface area contributed by atoms with Crippen molar-refractivity contribution in [2.45, 2.75) is 0 Å². The zero-order valence-corrected chi connectivity index (χ0v) is 8.25. The normalized spacial score (nSPS) is 9.38. The van der Waals surface area contributed by atoms with Gasteiger partial charge in [0.05, 0.1) is 17.6 Å². The van der Waals surface area contributed by atoms with Gasteiger partial charge in [-0.2, -0.15) is 0 Å². The number of hydrogen-bond acceptors (Lipinski definition) is 6. The van der Waals surface area contributed by atoms with E-state index in [0.717, 1.165) is 6.07 Å². The molecule has 1 aromatic rings. The number of ether oxygens (including phenoxy) is 1. The van der Waals surface area contributed by atoms with Crippen molar-refractivity contribution in [2.75, 3.05) is 7.11 Å². The highest BCUT2D eigenvalue weighted by molar-refractivity contribution is 6.17. The standard InChI is InChI=1S/C8H7BNO6/c1-15-8(11)5-2-3-7(16-9-12)6(4-5)10(13)14/h2-4,12H,1H3. The zero-order chi connectivity index (χ0) is 12.1. The molecule has 0 bridgehead atoms. The molecule has 0 aliphatic heterocycles. The van der Waals surface area contributed by atoms with Crippen LogP contribution in [0, 0.1) is 10.1 Å². The fourth-order valence-corrected chi connectivity index (χ4v) is 1.06. The first-order valence-electron chi connectivity index (χ1n) is 4.09. The van der Waals surface area contributed by atoms with Gasteiger partial charge in [-0.05, 0) is 12.1 Å². The van der Waals surface area contributed by atoms with E-state index in [4.69, 9.17) is 5.02 Å². The van der Waals surface area contributed by atoms with E-state index in [1.807, 2.05) is 0 Å². The summed E-state index contributed by atoms with van der Waals surface area (Å²) in [5, 5.41) is 19.0. The lowest BCUT2D eigenvalue weighted by Gasteiger charge is -2.04. The summed E-state index contributed by atoms with van der Waals surface area (Å²) < 4.78 is 8.91. The van der Waals surface area contributed by atoms with E-state index in [9.17, 15) is 14.9 Å². The van der Waals surface area contributed by atoms with E-state index in [-0.39, 0.29) is 11.3 Å². The molecule has 7 nitrogen and oxygen atoms in total. The van der Waals surface area contributed by atoms with Gasteiger partial charge in [0.15, 0.2) is 5.75 Å². The maximum absolute atomic E-state index is 11.1. The lowest BCUT2D eigenvalue weighted by Crippen LogP contribution is -2.06. The molecule has 1 N–H and O–H groups in total. The minimum absolute atomic E-state index is 0.0273. The highest BCUT2D eigenvalue weighted by Crippen LogP contribution is 2.27. The zero-order valence-electron chi connectivity index (χ0n) is 8.25. The number of esters is 1. The number of rotatable bonds is 4. The second-order valence-electron chi connectivity index (χ2n) is 2.65. The molecule has 0 aromatic heterocycles. The second kappa shape index (κ2) is 5.12. The van der Waals surface area contributed by atoms with Gasteiger partial charge in [-0.15, -0.1) is 0 Å². The van der Waals surface area contributed by atoms with E-state index in [2.05, 4.69) is 9.39 Å². The van der Waals surface area contributed by atoms with Crippen molar-refractivity contribution < 1.29 is 24.1 Å². The molecule has 0 fully saturated rings. The number of nitrogens with zero attached hydrogens (tertiary/aromatic N) is 1. The fraction of sp³-hybridized carbons (Fsp3) is 0.125. The molecule has 16 heavy (non-hydrogen) atoms. The molecular formula is C8H7BNO6. The van der Waals surface area contributed by atoms with Crippen LogP contribution in [0.25, 0.3) is 0 Å². The number of carbonyl (C=O) groups excluding carboxylic acids is 1. The first kappa shape index (κ1) is 12.0. The third kappa shape index (κ3) is 2.48. The van der Waals surface area contributed by atoms with Crippen LogP contribution in [0.1, 0.15) is 10.4 Å². The number of nitro groups is 1. The maximum atomic E-state index is 11.1. The first-order chi connectivity index (χ1) is 7.60. The summed E-state index contributed by atoms with van der Waals surface area (Å²) in [4.78, 5) is 21.0. The monoisotopic (exact) mass is 224 g/mol. The summed E-state index contributed by atoms with van der Waals surface area (Å²) >= 11 is 0. The van der Waals surface area contributed by atoms with E-state index < -0.39 is 16.6 Å². The Morgan fingerprint density at radius 2 is 2.25 bits per heavy atom. The molecule has 0 heterocycles. The number of carbonyl (C=O) groups is 1. The molecule has 0 atom stereocenters. The van der Waals surface area contributed by atoms with Crippen molar-refractivity contribution in [3.63, 3.8) is 0 Å². The summed E-state index contributed by atoms with van der Waals surface area (Å²) in [5.74, 6) is -0.859. The molecule has 0 aliphatic rings. The Morgan fingerprint density at radius 1 is 1.56 bits per heavy atom. The highest BCUT2D eigenvalue weighted by atomic mass is 16.6. The quantitative estimate of drug-likeness (QED) is 0.341. The van der Waals surface area contributed by atoms with Crippen LogP contribution in [-0.2, 0) is 4.74 Å². The maximum Gasteiger partial charge on any atom is 0.569 e. The van der Waals surface area contributed by atoms with E-state index in [1.165, 1.54) is 19.2 Å². The van der Waals surface area contributed by atoms with Crippen molar-refractivity contribution in [2.24, 2.45) is 0 Å². The highest BCUT2D eigenvalue weighted by Gasteiger charge is 2.18. The molecule has 0 unspecified atom stereocenters. The van der Waals surface area contributed by atoms with E-state index in [1.54, 1.807) is 0 Å². The van der Waals surface area contributed by atoms with Gasteiger partial charge in [-0.25, -0.2) is 4.79 Å². The Balaban J connectivity index is 3.17. The molecule has 0 amide bonds. The predicted molar refractivity (Wildman–Crippen MR) is 53.0 cm³/mol. The van der Waals surface area contributed by atoms with Crippen LogP contribution in [0.5, 0.6) is 5.75 Å². The van der Waals surface area contributed by atoms with Gasteiger partial charge in [-0.1, -0.05) is 0 Å². The Hall–Kier alpha value is -2.09. The summed E-state index contributed by atoms with van der Waals surface area (Å²) in [6, 6.07) is 3.49. The van der Waals surface area contributed by atoms with Gasteiger partial charge in [0.25, 0.3) is 0 Å². The molecule has 8 heteroatoms. The molecule has 1 aromatic carbocycles. The number of hydrogen-bond donors (Lipinski definition) is 1. The SMILES string of the molecule is COC(=O)c1ccc(O[B]O)c([N+](=O)[O-])c1. The van der Waals surface area contributed by atoms with Crippen molar-refractivity contribution in [3.8, 4) is 5.75 Å². The van der Waals surface area contributed by atoms with Crippen molar-refractivity contribution in [1.82, 2.24) is 0 Å². The Bertz CT molecular complexity index is 421. The molecule has 0 saturated carbocycles. The Kier molecular flexibility index (Phi) is 3.84. The van der Waals surface area contributed by atoms with Gasteiger partial charge in [0, 0.05) is 6.07 Å². The summed E-state index contributed by atoms with van der Waals surface area (Å²) in [6.45, 7) is 0. The van der Waals surface area contributed by atoms with E-state index in [0.29, 0.717) is 7.69 Å². The van der Waals surface area contributed by atoms with E-state index >= 15 is 0 Å². The first-order valence-corrected chi connectivity index (χ1v) is 4.09. The fourth-order valence-electron chi connectivity index (χ4n) is 1.06. The molecule has 0 spiro atoms. The Morgan fingerprint density at radius 3 is 2.75 bits per heavy atom. The number of benzene rings is 1. The molecule has 1 rings (SSSR count). The predicted octanol–water partition coefficient (Wildman–Crippen LogP) is 0.287. The Labute approximate surface area is 91.1 Å². The molecular weight excluding hydrogens is 217 g/mol. The van der Waals surface area contributed by atoms with Gasteiger partial charge >= 0.3 is 19.3 Å². The van der Waals surface area contributed by atoms with Gasteiger partial charge in [-0.3, -0.25) is 10.1 Å². The topological polar surface area (TPSA) is 98.9 Å². The smallest absolute Gasteiger partial charge is 0.533 e. The largest absolute Gasteiger partial charge is 0.569 e. The van der Waals surface area contributed by atoms with Gasteiger partial charge < -0.3 is 14.4 Å². The third-order valence-corrected chi connectivity index (χ3v) is 1.76. The van der Waals surface area contributed by atoms with Crippen molar-refractivity contribution >= 4 is 19.3 Å². The average Bonchev–Trinajstić information content (AvgIpc) is 2.28. The summed E-state index contributed by atoms with van der Waals surface area (Å²) in [5.41, 5.74) is -0.410. The average molecular weight is 224 g/mol. The lowest BCUT2D eigenvalue weighted by atomic mass is 10.2. The van der Waals surface area contributed by atoms with Crippen LogP contribution < -0.4 is 4.65 Å².